The zero-order valence-electron chi connectivity index (χ0n) is 8.75. The summed E-state index contributed by atoms with van der Waals surface area (Å²) in [7, 11) is 0. The SMILES string of the molecule is CC(C)NCCC(=O)Cc1cccs1. The quantitative estimate of drug-likeness (QED) is 0.782. The van der Waals surface area contributed by atoms with Gasteiger partial charge in [0.25, 0.3) is 0 Å². The number of hydrogen-bond donors (Lipinski definition) is 1. The van der Waals surface area contributed by atoms with Crippen molar-refractivity contribution >= 4 is 17.1 Å². The number of Topliss-reactive ketones (excluding diaryl/α,β-unsaturated/α-hetero) is 1. The zero-order valence-corrected chi connectivity index (χ0v) is 9.56. The third-order valence-corrected chi connectivity index (χ3v) is 2.78. The van der Waals surface area contributed by atoms with Crippen molar-refractivity contribution in [3.8, 4) is 0 Å². The highest BCUT2D eigenvalue weighted by atomic mass is 32.1. The number of rotatable bonds is 6. The first-order valence-corrected chi connectivity index (χ1v) is 5.84. The Morgan fingerprint density at radius 3 is 2.93 bits per heavy atom. The molecule has 1 rings (SSSR count). The van der Waals surface area contributed by atoms with E-state index < -0.39 is 0 Å². The third-order valence-electron chi connectivity index (χ3n) is 1.91. The lowest BCUT2D eigenvalue weighted by atomic mass is 10.2. The van der Waals surface area contributed by atoms with Gasteiger partial charge in [-0.25, -0.2) is 0 Å². The molecule has 0 saturated heterocycles. The lowest BCUT2D eigenvalue weighted by Gasteiger charge is -2.06. The van der Waals surface area contributed by atoms with E-state index >= 15 is 0 Å². The Labute approximate surface area is 89.3 Å². The van der Waals surface area contributed by atoms with Crippen LogP contribution in [0, 0.1) is 0 Å². The second kappa shape index (κ2) is 5.94. The molecule has 0 bridgehead atoms. The molecule has 0 fully saturated rings. The van der Waals surface area contributed by atoms with E-state index in [1.165, 1.54) is 4.88 Å². The van der Waals surface area contributed by atoms with Crippen LogP contribution in [-0.2, 0) is 11.2 Å². The van der Waals surface area contributed by atoms with Gasteiger partial charge in [0.1, 0.15) is 5.78 Å². The van der Waals surface area contributed by atoms with E-state index in [1.807, 2.05) is 17.5 Å². The first kappa shape index (κ1) is 11.4. The highest BCUT2D eigenvalue weighted by molar-refractivity contribution is 7.10. The molecule has 1 aromatic heterocycles. The molecule has 1 aromatic rings. The van der Waals surface area contributed by atoms with Crippen molar-refractivity contribution in [3.05, 3.63) is 22.4 Å². The third kappa shape index (κ3) is 4.53. The lowest BCUT2D eigenvalue weighted by molar-refractivity contribution is -0.118. The van der Waals surface area contributed by atoms with Crippen LogP contribution in [0.5, 0.6) is 0 Å². The van der Waals surface area contributed by atoms with Crippen molar-refractivity contribution in [3.63, 3.8) is 0 Å². The van der Waals surface area contributed by atoms with Crippen LogP contribution >= 0.6 is 11.3 Å². The maximum absolute atomic E-state index is 11.5. The second-order valence-corrected chi connectivity index (χ2v) is 4.69. The standard InChI is InChI=1S/C11H17NOS/c1-9(2)12-6-5-10(13)8-11-4-3-7-14-11/h3-4,7,9,12H,5-6,8H2,1-2H3. The number of ketones is 1. The largest absolute Gasteiger partial charge is 0.314 e. The molecule has 0 aliphatic rings. The summed E-state index contributed by atoms with van der Waals surface area (Å²) in [5.74, 6) is 0.320. The Morgan fingerprint density at radius 1 is 1.57 bits per heavy atom. The summed E-state index contributed by atoms with van der Waals surface area (Å²) in [6.07, 6.45) is 1.23. The number of thiophene rings is 1. The number of nitrogens with one attached hydrogen (secondary N) is 1. The molecule has 0 amide bonds. The van der Waals surface area contributed by atoms with Crippen LogP contribution < -0.4 is 5.32 Å². The maximum atomic E-state index is 11.5. The van der Waals surface area contributed by atoms with Gasteiger partial charge in [-0.05, 0) is 11.4 Å². The highest BCUT2D eigenvalue weighted by Gasteiger charge is 2.04. The van der Waals surface area contributed by atoms with Crippen molar-refractivity contribution in [1.82, 2.24) is 5.32 Å². The van der Waals surface area contributed by atoms with E-state index in [-0.39, 0.29) is 0 Å². The predicted octanol–water partition coefficient (Wildman–Crippen LogP) is 2.25. The van der Waals surface area contributed by atoms with Crippen LogP contribution in [0.3, 0.4) is 0 Å². The smallest absolute Gasteiger partial charge is 0.139 e. The molecular weight excluding hydrogens is 194 g/mol. The summed E-state index contributed by atoms with van der Waals surface area (Å²) in [6, 6.07) is 4.46. The van der Waals surface area contributed by atoms with Gasteiger partial charge in [0.15, 0.2) is 0 Å². The molecule has 78 valence electrons. The monoisotopic (exact) mass is 211 g/mol. The van der Waals surface area contributed by atoms with Crippen molar-refractivity contribution in [2.45, 2.75) is 32.7 Å². The average molecular weight is 211 g/mol. The van der Waals surface area contributed by atoms with Crippen LogP contribution in [0.25, 0.3) is 0 Å². The second-order valence-electron chi connectivity index (χ2n) is 3.65. The van der Waals surface area contributed by atoms with Gasteiger partial charge in [0.2, 0.25) is 0 Å². The van der Waals surface area contributed by atoms with Crippen molar-refractivity contribution in [2.75, 3.05) is 6.54 Å². The predicted molar refractivity (Wildman–Crippen MR) is 60.8 cm³/mol. The minimum absolute atomic E-state index is 0.320. The van der Waals surface area contributed by atoms with Gasteiger partial charge >= 0.3 is 0 Å². The van der Waals surface area contributed by atoms with E-state index in [2.05, 4.69) is 19.2 Å². The first-order valence-electron chi connectivity index (χ1n) is 4.96. The normalized spacial score (nSPS) is 10.8. The molecule has 0 saturated carbocycles. The Kier molecular flexibility index (Phi) is 4.84. The molecular formula is C11H17NOS. The molecule has 0 unspecified atom stereocenters. The molecule has 1 heterocycles. The summed E-state index contributed by atoms with van der Waals surface area (Å²) in [6.45, 7) is 4.97. The molecule has 0 atom stereocenters. The Hall–Kier alpha value is -0.670. The van der Waals surface area contributed by atoms with Gasteiger partial charge in [-0.1, -0.05) is 19.9 Å². The van der Waals surface area contributed by atoms with E-state index in [4.69, 9.17) is 0 Å². The molecule has 1 N–H and O–H groups in total. The van der Waals surface area contributed by atoms with Gasteiger partial charge < -0.3 is 5.32 Å². The first-order chi connectivity index (χ1) is 6.68. The Balaban J connectivity index is 2.17. The molecule has 14 heavy (non-hydrogen) atoms. The van der Waals surface area contributed by atoms with Crippen LogP contribution in [-0.4, -0.2) is 18.4 Å². The minimum atomic E-state index is 0.320. The zero-order chi connectivity index (χ0) is 10.4. The maximum Gasteiger partial charge on any atom is 0.139 e. The van der Waals surface area contributed by atoms with Crippen LogP contribution in [0.15, 0.2) is 17.5 Å². The van der Waals surface area contributed by atoms with Crippen LogP contribution in [0.1, 0.15) is 25.1 Å². The molecule has 0 aliphatic carbocycles. The molecule has 0 radical (unpaired) electrons. The van der Waals surface area contributed by atoms with E-state index in [9.17, 15) is 4.79 Å². The fraction of sp³-hybridized carbons (Fsp3) is 0.545. The summed E-state index contributed by atoms with van der Waals surface area (Å²) < 4.78 is 0. The summed E-state index contributed by atoms with van der Waals surface area (Å²) >= 11 is 1.65. The number of carbonyl (C=O) groups excluding carboxylic acids is 1. The van der Waals surface area contributed by atoms with Crippen molar-refractivity contribution in [2.24, 2.45) is 0 Å². The van der Waals surface area contributed by atoms with Crippen LogP contribution in [0.4, 0.5) is 0 Å². The van der Waals surface area contributed by atoms with Crippen molar-refractivity contribution < 1.29 is 4.79 Å². The van der Waals surface area contributed by atoms with Gasteiger partial charge in [-0.2, -0.15) is 0 Å². The van der Waals surface area contributed by atoms with E-state index in [0.29, 0.717) is 24.7 Å². The molecule has 2 nitrogen and oxygen atoms in total. The topological polar surface area (TPSA) is 29.1 Å². The highest BCUT2D eigenvalue weighted by Crippen LogP contribution is 2.09. The van der Waals surface area contributed by atoms with Gasteiger partial charge in [-0.3, -0.25) is 4.79 Å². The van der Waals surface area contributed by atoms with E-state index in [0.717, 1.165) is 6.54 Å². The average Bonchev–Trinajstić information content (AvgIpc) is 2.56. The minimum Gasteiger partial charge on any atom is -0.314 e. The van der Waals surface area contributed by atoms with Crippen molar-refractivity contribution in [1.29, 1.82) is 0 Å². The van der Waals surface area contributed by atoms with E-state index in [1.54, 1.807) is 11.3 Å². The Bertz CT molecular complexity index is 267. The molecule has 0 spiro atoms. The Morgan fingerprint density at radius 2 is 2.36 bits per heavy atom. The molecule has 3 heteroatoms. The fourth-order valence-electron chi connectivity index (χ4n) is 1.20. The number of carbonyl (C=O) groups is 1. The summed E-state index contributed by atoms with van der Waals surface area (Å²) in [5, 5.41) is 5.25. The molecule has 0 aromatic carbocycles. The fourth-order valence-corrected chi connectivity index (χ4v) is 1.93. The van der Waals surface area contributed by atoms with Crippen LogP contribution in [0.2, 0.25) is 0 Å². The van der Waals surface area contributed by atoms with Gasteiger partial charge in [0, 0.05) is 30.3 Å². The van der Waals surface area contributed by atoms with Gasteiger partial charge in [-0.15, -0.1) is 11.3 Å². The molecule has 0 aliphatic heterocycles. The lowest BCUT2D eigenvalue weighted by Crippen LogP contribution is -2.25. The van der Waals surface area contributed by atoms with Gasteiger partial charge in [0.05, 0.1) is 0 Å². The summed E-state index contributed by atoms with van der Waals surface area (Å²) in [5.41, 5.74) is 0. The number of hydrogen-bond acceptors (Lipinski definition) is 3. The summed E-state index contributed by atoms with van der Waals surface area (Å²) in [4.78, 5) is 12.6.